The second kappa shape index (κ2) is 7.09. The smallest absolute Gasteiger partial charge is 0.275 e. The highest BCUT2D eigenvalue weighted by Gasteiger charge is 2.12. The summed E-state index contributed by atoms with van der Waals surface area (Å²) in [6, 6.07) is 12.8. The number of halogens is 1. The predicted octanol–water partition coefficient (Wildman–Crippen LogP) is 3.81. The summed E-state index contributed by atoms with van der Waals surface area (Å²) in [5.74, 6) is 0.0795. The molecule has 114 valence electrons. The van der Waals surface area contributed by atoms with Crippen LogP contribution in [0.4, 0.5) is 0 Å². The summed E-state index contributed by atoms with van der Waals surface area (Å²) in [5.41, 5.74) is 5.70. The van der Waals surface area contributed by atoms with Gasteiger partial charge in [0.1, 0.15) is 5.75 Å². The molecule has 0 unspecified atom stereocenters. The molecule has 0 saturated heterocycles. The van der Waals surface area contributed by atoms with Crippen LogP contribution in [0.25, 0.3) is 0 Å². The maximum atomic E-state index is 12.2. The molecule has 0 aromatic heterocycles. The Kier molecular flexibility index (Phi) is 5.17. The number of hydrazone groups is 1. The van der Waals surface area contributed by atoms with E-state index in [0.29, 0.717) is 22.0 Å². The molecule has 0 atom stereocenters. The monoisotopic (exact) mass is 316 g/mol. The standard InChI is InChI=1S/C17H17ClN2O2/c1-11-4-6-13(7-5-11)12(2)19-20-17(21)15-10-14(18)8-9-16(15)22-3/h4-10H,1-3H3,(H,20,21)/b19-12+. The maximum Gasteiger partial charge on any atom is 0.275 e. The van der Waals surface area contributed by atoms with Gasteiger partial charge in [0.25, 0.3) is 5.91 Å². The quantitative estimate of drug-likeness (QED) is 0.689. The fraction of sp³-hybridized carbons (Fsp3) is 0.176. The zero-order valence-electron chi connectivity index (χ0n) is 12.7. The van der Waals surface area contributed by atoms with Crippen molar-refractivity contribution in [3.8, 4) is 5.75 Å². The van der Waals surface area contributed by atoms with E-state index in [1.807, 2.05) is 38.1 Å². The van der Waals surface area contributed by atoms with Crippen molar-refractivity contribution in [1.82, 2.24) is 5.43 Å². The van der Waals surface area contributed by atoms with Crippen LogP contribution in [0, 0.1) is 6.92 Å². The number of methoxy groups -OCH3 is 1. The summed E-state index contributed by atoms with van der Waals surface area (Å²) in [6.45, 7) is 3.85. The van der Waals surface area contributed by atoms with Crippen LogP contribution < -0.4 is 10.2 Å². The Morgan fingerprint density at radius 1 is 1.18 bits per heavy atom. The van der Waals surface area contributed by atoms with Crippen molar-refractivity contribution in [2.45, 2.75) is 13.8 Å². The molecular weight excluding hydrogens is 300 g/mol. The first-order valence-electron chi connectivity index (χ1n) is 6.76. The Morgan fingerprint density at radius 2 is 1.86 bits per heavy atom. The maximum absolute atomic E-state index is 12.2. The molecule has 22 heavy (non-hydrogen) atoms. The van der Waals surface area contributed by atoms with Crippen molar-refractivity contribution in [2.24, 2.45) is 5.10 Å². The lowest BCUT2D eigenvalue weighted by atomic mass is 10.1. The van der Waals surface area contributed by atoms with Gasteiger partial charge in [-0.05, 0) is 37.6 Å². The van der Waals surface area contributed by atoms with Crippen molar-refractivity contribution >= 4 is 23.2 Å². The first-order chi connectivity index (χ1) is 10.5. The first kappa shape index (κ1) is 16.0. The summed E-state index contributed by atoms with van der Waals surface area (Å²) in [6.07, 6.45) is 0. The van der Waals surface area contributed by atoms with Gasteiger partial charge in [0.05, 0.1) is 18.4 Å². The number of amides is 1. The van der Waals surface area contributed by atoms with Gasteiger partial charge < -0.3 is 4.74 Å². The third-order valence-corrected chi connectivity index (χ3v) is 3.44. The van der Waals surface area contributed by atoms with Crippen molar-refractivity contribution in [2.75, 3.05) is 7.11 Å². The van der Waals surface area contributed by atoms with Crippen molar-refractivity contribution < 1.29 is 9.53 Å². The summed E-state index contributed by atoms with van der Waals surface area (Å²) in [4.78, 5) is 12.2. The Labute approximate surface area is 134 Å². The van der Waals surface area contributed by atoms with E-state index in [0.717, 1.165) is 5.56 Å². The molecule has 0 bridgehead atoms. The summed E-state index contributed by atoms with van der Waals surface area (Å²) in [7, 11) is 1.50. The van der Waals surface area contributed by atoms with Gasteiger partial charge in [0, 0.05) is 5.02 Å². The Balaban J connectivity index is 2.17. The van der Waals surface area contributed by atoms with Crippen molar-refractivity contribution in [3.05, 3.63) is 64.2 Å². The van der Waals surface area contributed by atoms with Crippen LogP contribution in [0.15, 0.2) is 47.6 Å². The molecule has 0 heterocycles. The minimum absolute atomic E-state index is 0.343. The van der Waals surface area contributed by atoms with Crippen LogP contribution in [0.3, 0.4) is 0 Å². The summed E-state index contributed by atoms with van der Waals surface area (Å²) in [5, 5.41) is 4.59. The average molecular weight is 317 g/mol. The second-order valence-corrected chi connectivity index (χ2v) is 5.29. The van der Waals surface area contributed by atoms with Crippen LogP contribution in [0.2, 0.25) is 5.02 Å². The van der Waals surface area contributed by atoms with E-state index < -0.39 is 0 Å². The molecular formula is C17H17ClN2O2. The number of hydrogen-bond acceptors (Lipinski definition) is 3. The molecule has 0 spiro atoms. The molecule has 1 N–H and O–H groups in total. The van der Waals surface area contributed by atoms with E-state index in [1.54, 1.807) is 18.2 Å². The van der Waals surface area contributed by atoms with Crippen LogP contribution in [0.1, 0.15) is 28.4 Å². The zero-order chi connectivity index (χ0) is 16.1. The van der Waals surface area contributed by atoms with E-state index in [9.17, 15) is 4.79 Å². The molecule has 1 amide bonds. The minimum Gasteiger partial charge on any atom is -0.496 e. The van der Waals surface area contributed by atoms with Crippen LogP contribution >= 0.6 is 11.6 Å². The van der Waals surface area contributed by atoms with Crippen LogP contribution in [0.5, 0.6) is 5.75 Å². The molecule has 0 radical (unpaired) electrons. The Hall–Kier alpha value is -2.33. The van der Waals surface area contributed by atoms with Crippen molar-refractivity contribution in [3.63, 3.8) is 0 Å². The van der Waals surface area contributed by atoms with E-state index in [1.165, 1.54) is 12.7 Å². The van der Waals surface area contributed by atoms with E-state index in [-0.39, 0.29) is 5.91 Å². The molecule has 0 aliphatic rings. The van der Waals surface area contributed by atoms with Gasteiger partial charge in [-0.25, -0.2) is 5.43 Å². The molecule has 2 aromatic carbocycles. The molecule has 0 aliphatic carbocycles. The number of ether oxygens (including phenoxy) is 1. The van der Waals surface area contributed by atoms with E-state index >= 15 is 0 Å². The number of nitrogens with one attached hydrogen (secondary N) is 1. The molecule has 0 aliphatic heterocycles. The predicted molar refractivity (Wildman–Crippen MR) is 88.9 cm³/mol. The van der Waals surface area contributed by atoms with Gasteiger partial charge in [-0.2, -0.15) is 5.10 Å². The van der Waals surface area contributed by atoms with Crippen LogP contribution in [-0.4, -0.2) is 18.7 Å². The van der Waals surface area contributed by atoms with E-state index in [2.05, 4.69) is 10.5 Å². The number of carbonyl (C=O) groups excluding carboxylic acids is 1. The lowest BCUT2D eigenvalue weighted by molar-refractivity contribution is 0.0952. The summed E-state index contributed by atoms with van der Waals surface area (Å²) < 4.78 is 5.16. The molecule has 2 rings (SSSR count). The molecule has 0 saturated carbocycles. The van der Waals surface area contributed by atoms with Gasteiger partial charge in [-0.1, -0.05) is 41.4 Å². The highest BCUT2D eigenvalue weighted by atomic mass is 35.5. The minimum atomic E-state index is -0.370. The summed E-state index contributed by atoms with van der Waals surface area (Å²) >= 11 is 5.92. The topological polar surface area (TPSA) is 50.7 Å². The van der Waals surface area contributed by atoms with Gasteiger partial charge in [0.2, 0.25) is 0 Å². The zero-order valence-corrected chi connectivity index (χ0v) is 13.4. The normalized spacial score (nSPS) is 11.2. The highest BCUT2D eigenvalue weighted by Crippen LogP contribution is 2.22. The van der Waals surface area contributed by atoms with Gasteiger partial charge in [0.15, 0.2) is 0 Å². The molecule has 4 nitrogen and oxygen atoms in total. The molecule has 0 fully saturated rings. The third kappa shape index (κ3) is 3.86. The van der Waals surface area contributed by atoms with Crippen molar-refractivity contribution in [1.29, 1.82) is 0 Å². The van der Waals surface area contributed by atoms with Gasteiger partial charge >= 0.3 is 0 Å². The second-order valence-electron chi connectivity index (χ2n) is 4.85. The number of carbonyl (C=O) groups is 1. The SMILES string of the molecule is COc1ccc(Cl)cc1C(=O)N/N=C(\C)c1ccc(C)cc1. The number of hydrogen-bond donors (Lipinski definition) is 1. The molecule has 2 aromatic rings. The largest absolute Gasteiger partial charge is 0.496 e. The number of benzene rings is 2. The van der Waals surface area contributed by atoms with E-state index in [4.69, 9.17) is 16.3 Å². The van der Waals surface area contributed by atoms with Crippen LogP contribution in [-0.2, 0) is 0 Å². The Bertz CT molecular complexity index is 709. The van der Waals surface area contributed by atoms with Gasteiger partial charge in [-0.3, -0.25) is 4.79 Å². The lowest BCUT2D eigenvalue weighted by Gasteiger charge is -2.08. The number of rotatable bonds is 4. The fourth-order valence-corrected chi connectivity index (χ4v) is 2.08. The molecule has 5 heteroatoms. The number of nitrogens with zero attached hydrogens (tertiary/aromatic N) is 1. The third-order valence-electron chi connectivity index (χ3n) is 3.20. The highest BCUT2D eigenvalue weighted by molar-refractivity contribution is 6.31. The number of aryl methyl sites for hydroxylation is 1. The first-order valence-corrected chi connectivity index (χ1v) is 7.14. The van der Waals surface area contributed by atoms with Gasteiger partial charge in [-0.15, -0.1) is 0 Å². The lowest BCUT2D eigenvalue weighted by Crippen LogP contribution is -2.20. The fourth-order valence-electron chi connectivity index (χ4n) is 1.91. The Morgan fingerprint density at radius 3 is 2.50 bits per heavy atom. The average Bonchev–Trinajstić information content (AvgIpc) is 2.53.